The molecule has 2 aromatic carbocycles. The largest absolute Gasteiger partial charge is 0.481 e. The fraction of sp³-hybridized carbons (Fsp3) is 0.192. The maximum absolute atomic E-state index is 11.9. The predicted molar refractivity (Wildman–Crippen MR) is 129 cm³/mol. The number of carbonyl (C=O) groups is 1. The fourth-order valence-electron chi connectivity index (χ4n) is 3.62. The molecule has 0 aliphatic heterocycles. The summed E-state index contributed by atoms with van der Waals surface area (Å²) in [6, 6.07) is 20.3. The van der Waals surface area contributed by atoms with Gasteiger partial charge in [0.2, 0.25) is 0 Å². The summed E-state index contributed by atoms with van der Waals surface area (Å²) < 4.78 is 2.02. The van der Waals surface area contributed by atoms with Crippen LogP contribution in [0.2, 0.25) is 0 Å². The van der Waals surface area contributed by atoms with Crippen LogP contribution in [0, 0.1) is 0 Å². The maximum Gasteiger partial charge on any atom is 0.312 e. The number of hydrogen-bond acceptors (Lipinski definition) is 4. The minimum Gasteiger partial charge on any atom is -0.481 e. The van der Waals surface area contributed by atoms with E-state index in [1.165, 1.54) is 16.9 Å². The van der Waals surface area contributed by atoms with Gasteiger partial charge in [-0.25, -0.2) is 9.97 Å². The Morgan fingerprint density at radius 1 is 1.09 bits per heavy atom. The average molecular weight is 444 g/mol. The Kier molecular flexibility index (Phi) is 7.25. The van der Waals surface area contributed by atoms with Crippen molar-refractivity contribution in [2.45, 2.75) is 31.7 Å². The lowest BCUT2D eigenvalue weighted by Gasteiger charge is -2.09. The third-order valence-corrected chi connectivity index (χ3v) is 6.15. The Morgan fingerprint density at radius 3 is 2.59 bits per heavy atom. The minimum atomic E-state index is -0.830. The normalized spacial score (nSPS) is 12.2. The van der Waals surface area contributed by atoms with Crippen LogP contribution in [0.4, 0.5) is 0 Å². The number of carboxylic acid groups (broad SMARTS) is 1. The summed E-state index contributed by atoms with van der Waals surface area (Å²) in [5.41, 5.74) is 2.98. The first kappa shape index (κ1) is 21.7. The van der Waals surface area contributed by atoms with Crippen molar-refractivity contribution in [3.63, 3.8) is 0 Å². The van der Waals surface area contributed by atoms with Gasteiger partial charge in [-0.15, -0.1) is 11.3 Å². The van der Waals surface area contributed by atoms with Crippen molar-refractivity contribution in [3.05, 3.63) is 101 Å². The third-order valence-electron chi connectivity index (χ3n) is 5.30. The number of aryl methyl sites for hydroxylation is 1. The van der Waals surface area contributed by atoms with Crippen LogP contribution in [-0.2, 0) is 17.8 Å². The molecule has 0 radical (unpaired) electrons. The van der Waals surface area contributed by atoms with Gasteiger partial charge >= 0.3 is 5.97 Å². The van der Waals surface area contributed by atoms with E-state index in [9.17, 15) is 9.90 Å². The van der Waals surface area contributed by atoms with Gasteiger partial charge < -0.3 is 9.67 Å². The van der Waals surface area contributed by atoms with E-state index in [1.54, 1.807) is 6.20 Å². The number of aromatic nitrogens is 3. The highest BCUT2D eigenvalue weighted by Gasteiger charge is 2.23. The van der Waals surface area contributed by atoms with Gasteiger partial charge in [0, 0.05) is 24.3 Å². The summed E-state index contributed by atoms with van der Waals surface area (Å²) in [4.78, 5) is 21.0. The molecule has 0 bridgehead atoms. The van der Waals surface area contributed by atoms with Crippen molar-refractivity contribution in [2.75, 3.05) is 0 Å². The summed E-state index contributed by atoms with van der Waals surface area (Å²) in [5.74, 6) is -0.679. The molecule has 4 aromatic rings. The summed E-state index contributed by atoms with van der Waals surface area (Å²) in [6.07, 6.45) is 10.0. The topological polar surface area (TPSA) is 68.0 Å². The summed E-state index contributed by atoms with van der Waals surface area (Å²) in [5, 5.41) is 12.4. The molecule has 1 unspecified atom stereocenters. The van der Waals surface area contributed by atoms with Crippen LogP contribution >= 0.6 is 11.3 Å². The molecule has 2 aromatic heterocycles. The quantitative estimate of drug-likeness (QED) is 0.331. The van der Waals surface area contributed by atoms with Crippen molar-refractivity contribution >= 4 is 23.4 Å². The molecule has 6 heteroatoms. The Labute approximate surface area is 191 Å². The number of aliphatic carboxylic acids is 1. The monoisotopic (exact) mass is 443 g/mol. The molecular formula is C26H25N3O2S. The van der Waals surface area contributed by atoms with E-state index in [2.05, 4.69) is 46.4 Å². The molecule has 0 fully saturated rings. The number of thiazole rings is 1. The van der Waals surface area contributed by atoms with Crippen LogP contribution in [0.1, 0.15) is 35.6 Å². The highest BCUT2D eigenvalue weighted by Crippen LogP contribution is 2.29. The van der Waals surface area contributed by atoms with Crippen LogP contribution in [0.3, 0.4) is 0 Å². The van der Waals surface area contributed by atoms with E-state index in [1.807, 2.05) is 52.5 Å². The van der Waals surface area contributed by atoms with E-state index in [-0.39, 0.29) is 0 Å². The lowest BCUT2D eigenvalue weighted by Crippen LogP contribution is -2.12. The molecule has 162 valence electrons. The maximum atomic E-state index is 11.9. The molecular weight excluding hydrogens is 418 g/mol. The van der Waals surface area contributed by atoms with Gasteiger partial charge in [-0.1, -0.05) is 72.8 Å². The standard InChI is InChI=1S/C26H25N3O2S/c30-26(31)22(15-7-13-20-9-3-1-4-10-20)23-19-32-25(28-23)24-27-16-18-29(24)17-8-14-21-11-5-2-6-12-21/h1-6,8-12,14,16,18-19,22H,7,13,15,17H2,(H,30,31)/b14-8+. The van der Waals surface area contributed by atoms with Crippen LogP contribution in [-0.4, -0.2) is 25.6 Å². The lowest BCUT2D eigenvalue weighted by molar-refractivity contribution is -0.139. The number of rotatable bonds is 10. The number of imidazole rings is 1. The molecule has 5 nitrogen and oxygen atoms in total. The second-order valence-corrected chi connectivity index (χ2v) is 8.42. The molecule has 0 saturated carbocycles. The Morgan fingerprint density at radius 2 is 1.84 bits per heavy atom. The first-order chi connectivity index (χ1) is 15.7. The number of carboxylic acids is 1. The van der Waals surface area contributed by atoms with E-state index in [0.29, 0.717) is 18.7 Å². The number of hydrogen-bond donors (Lipinski definition) is 1. The fourth-order valence-corrected chi connectivity index (χ4v) is 4.51. The van der Waals surface area contributed by atoms with Gasteiger partial charge in [0.25, 0.3) is 0 Å². The SMILES string of the molecule is O=C(O)C(CCCc1ccccc1)c1csc(-c2nccn2C/C=C/c2ccccc2)n1. The zero-order chi connectivity index (χ0) is 22.2. The molecule has 2 heterocycles. The van der Waals surface area contributed by atoms with Crippen LogP contribution in [0.15, 0.2) is 84.5 Å². The molecule has 0 spiro atoms. The lowest BCUT2D eigenvalue weighted by atomic mass is 9.97. The molecule has 4 rings (SSSR count). The first-order valence-electron chi connectivity index (χ1n) is 10.7. The highest BCUT2D eigenvalue weighted by atomic mass is 32.1. The molecule has 0 saturated heterocycles. The van der Waals surface area contributed by atoms with Crippen molar-refractivity contribution in [1.29, 1.82) is 0 Å². The Balaban J connectivity index is 1.42. The van der Waals surface area contributed by atoms with E-state index >= 15 is 0 Å². The Bertz CT molecular complexity index is 1170. The second-order valence-electron chi connectivity index (χ2n) is 7.56. The van der Waals surface area contributed by atoms with Gasteiger partial charge in [-0.3, -0.25) is 4.79 Å². The van der Waals surface area contributed by atoms with Crippen molar-refractivity contribution in [3.8, 4) is 10.8 Å². The molecule has 0 aliphatic carbocycles. The number of allylic oxidation sites excluding steroid dienone is 1. The van der Waals surface area contributed by atoms with Crippen molar-refractivity contribution in [2.24, 2.45) is 0 Å². The van der Waals surface area contributed by atoms with E-state index in [4.69, 9.17) is 0 Å². The van der Waals surface area contributed by atoms with Gasteiger partial charge in [0.1, 0.15) is 0 Å². The minimum absolute atomic E-state index is 0.557. The zero-order valence-corrected chi connectivity index (χ0v) is 18.5. The number of benzene rings is 2. The van der Waals surface area contributed by atoms with Gasteiger partial charge in [-0.2, -0.15) is 0 Å². The predicted octanol–water partition coefficient (Wildman–Crippen LogP) is 5.91. The van der Waals surface area contributed by atoms with Gasteiger partial charge in [0.15, 0.2) is 10.8 Å². The average Bonchev–Trinajstić information content (AvgIpc) is 3.47. The van der Waals surface area contributed by atoms with Crippen LogP contribution < -0.4 is 0 Å². The van der Waals surface area contributed by atoms with Crippen molar-refractivity contribution in [1.82, 2.24) is 14.5 Å². The highest BCUT2D eigenvalue weighted by molar-refractivity contribution is 7.13. The van der Waals surface area contributed by atoms with E-state index < -0.39 is 11.9 Å². The van der Waals surface area contributed by atoms with Gasteiger partial charge in [0.05, 0.1) is 11.6 Å². The van der Waals surface area contributed by atoms with Crippen molar-refractivity contribution < 1.29 is 9.90 Å². The molecule has 1 N–H and O–H groups in total. The molecule has 0 aliphatic rings. The second kappa shape index (κ2) is 10.7. The molecule has 0 amide bonds. The summed E-state index contributed by atoms with van der Waals surface area (Å²) >= 11 is 1.44. The van der Waals surface area contributed by atoms with Gasteiger partial charge in [-0.05, 0) is 30.4 Å². The van der Waals surface area contributed by atoms with Crippen LogP contribution in [0.5, 0.6) is 0 Å². The van der Waals surface area contributed by atoms with Crippen LogP contribution in [0.25, 0.3) is 16.9 Å². The molecule has 32 heavy (non-hydrogen) atoms. The Hall–Kier alpha value is -3.51. The number of nitrogens with zero attached hydrogens (tertiary/aromatic N) is 3. The smallest absolute Gasteiger partial charge is 0.312 e. The summed E-state index contributed by atoms with van der Waals surface area (Å²) in [7, 11) is 0. The zero-order valence-electron chi connectivity index (χ0n) is 17.7. The summed E-state index contributed by atoms with van der Waals surface area (Å²) in [6.45, 7) is 0.665. The first-order valence-corrected chi connectivity index (χ1v) is 11.5. The molecule has 1 atom stereocenters. The van der Waals surface area contributed by atoms with E-state index in [0.717, 1.165) is 29.2 Å². The third kappa shape index (κ3) is 5.59.